The van der Waals surface area contributed by atoms with Crippen LogP contribution in [0.4, 0.5) is 0 Å². The lowest BCUT2D eigenvalue weighted by atomic mass is 10.2. The minimum Gasteiger partial charge on any atom is -0.489 e. The van der Waals surface area contributed by atoms with E-state index in [1.807, 2.05) is 0 Å². The molecule has 0 spiro atoms. The zero-order valence-corrected chi connectivity index (χ0v) is 9.24. The number of hydrogen-bond acceptors (Lipinski definition) is 3. The highest BCUT2D eigenvalue weighted by Gasteiger charge is 1.94. The molecule has 1 aromatic carbocycles. The third-order valence-electron chi connectivity index (χ3n) is 1.55. The Morgan fingerprint density at radius 1 is 1.47 bits per heavy atom. The van der Waals surface area contributed by atoms with Gasteiger partial charge in [-0.15, -0.1) is 0 Å². The van der Waals surface area contributed by atoms with Crippen LogP contribution < -0.4 is 4.74 Å². The molecule has 3 nitrogen and oxygen atoms in total. The van der Waals surface area contributed by atoms with Crippen molar-refractivity contribution in [1.29, 1.82) is 0 Å². The molecule has 0 aromatic heterocycles. The Morgan fingerprint density at radius 2 is 2.27 bits per heavy atom. The fourth-order valence-electron chi connectivity index (χ4n) is 0.952. The Kier molecular flexibility index (Phi) is 5.01. The monoisotopic (exact) mass is 245 g/mol. The molecule has 0 heterocycles. The Morgan fingerprint density at radius 3 is 2.93 bits per heavy atom. The van der Waals surface area contributed by atoms with Gasteiger partial charge in [0.1, 0.15) is 16.8 Å². The first-order valence-electron chi connectivity index (χ1n) is 4.14. The largest absolute Gasteiger partial charge is 0.489 e. The minimum atomic E-state index is 0.170. The van der Waals surface area contributed by atoms with Gasteiger partial charge in [0, 0.05) is 0 Å². The van der Waals surface area contributed by atoms with E-state index in [0.717, 1.165) is 5.56 Å². The molecule has 0 unspecified atom stereocenters. The van der Waals surface area contributed by atoms with Gasteiger partial charge < -0.3 is 9.94 Å². The van der Waals surface area contributed by atoms with Crippen LogP contribution in [0, 0.1) is 0 Å². The first-order valence-corrected chi connectivity index (χ1v) is 4.89. The lowest BCUT2D eigenvalue weighted by Crippen LogP contribution is -1.94. The molecule has 1 rings (SSSR count). The van der Waals surface area contributed by atoms with Crippen molar-refractivity contribution in [2.24, 2.45) is 5.16 Å². The molecule has 0 aliphatic rings. The van der Waals surface area contributed by atoms with Crippen LogP contribution in [0.15, 0.2) is 40.0 Å². The van der Waals surface area contributed by atoms with Gasteiger partial charge in [0.25, 0.3) is 0 Å². The average molecular weight is 246 g/mol. The molecule has 5 heteroatoms. The second-order valence-corrected chi connectivity index (χ2v) is 3.63. The van der Waals surface area contributed by atoms with E-state index in [0.29, 0.717) is 12.4 Å². The van der Waals surface area contributed by atoms with Crippen LogP contribution in [0.1, 0.15) is 5.56 Å². The molecule has 0 aliphatic heterocycles. The van der Waals surface area contributed by atoms with Crippen molar-refractivity contribution >= 4 is 29.4 Å². The van der Waals surface area contributed by atoms with Crippen LogP contribution in [-0.2, 0) is 0 Å². The minimum absolute atomic E-state index is 0.170. The molecule has 1 aromatic rings. The van der Waals surface area contributed by atoms with E-state index >= 15 is 0 Å². The molecular weight excluding hydrogens is 237 g/mol. The number of benzene rings is 1. The van der Waals surface area contributed by atoms with E-state index in [1.54, 1.807) is 24.3 Å². The van der Waals surface area contributed by atoms with E-state index in [9.17, 15) is 0 Å². The molecule has 0 aliphatic carbocycles. The van der Waals surface area contributed by atoms with Crippen LogP contribution >= 0.6 is 23.2 Å². The summed E-state index contributed by atoms with van der Waals surface area (Å²) >= 11 is 10.8. The van der Waals surface area contributed by atoms with Gasteiger partial charge in [0.05, 0.1) is 6.21 Å². The number of oxime groups is 1. The molecule has 0 fully saturated rings. The summed E-state index contributed by atoms with van der Waals surface area (Å²) in [5.41, 5.74) is 0.746. The fourth-order valence-corrected chi connectivity index (χ4v) is 1.08. The molecule has 0 bridgehead atoms. The summed E-state index contributed by atoms with van der Waals surface area (Å²) in [6, 6.07) is 7.09. The Labute approximate surface area is 97.6 Å². The zero-order chi connectivity index (χ0) is 11.1. The summed E-state index contributed by atoms with van der Waals surface area (Å²) in [6.45, 7) is 0.294. The summed E-state index contributed by atoms with van der Waals surface area (Å²) in [5, 5.41) is 11.3. The summed E-state index contributed by atoms with van der Waals surface area (Å²) in [6.07, 6.45) is 2.85. The molecule has 0 atom stereocenters. The van der Waals surface area contributed by atoms with Gasteiger partial charge in [0.2, 0.25) is 0 Å². The SMILES string of the molecule is O/N=C/c1cccc(OCC=C(Cl)Cl)c1. The van der Waals surface area contributed by atoms with E-state index in [-0.39, 0.29) is 4.49 Å². The Hall–Kier alpha value is -1.19. The fraction of sp³-hybridized carbons (Fsp3) is 0.100. The van der Waals surface area contributed by atoms with Crippen molar-refractivity contribution in [2.75, 3.05) is 6.61 Å². The van der Waals surface area contributed by atoms with Crippen LogP contribution in [0.5, 0.6) is 5.75 Å². The summed E-state index contributed by atoms with van der Waals surface area (Å²) < 4.78 is 5.48. The van der Waals surface area contributed by atoms with Crippen LogP contribution in [0.25, 0.3) is 0 Å². The maximum atomic E-state index is 8.34. The van der Waals surface area contributed by atoms with Crippen molar-refractivity contribution in [3.05, 3.63) is 40.4 Å². The van der Waals surface area contributed by atoms with Gasteiger partial charge in [-0.05, 0) is 23.8 Å². The Bertz CT molecular complexity index is 373. The van der Waals surface area contributed by atoms with Crippen molar-refractivity contribution in [2.45, 2.75) is 0 Å². The zero-order valence-electron chi connectivity index (χ0n) is 7.73. The van der Waals surface area contributed by atoms with Crippen molar-refractivity contribution < 1.29 is 9.94 Å². The second-order valence-electron chi connectivity index (χ2n) is 2.62. The highest BCUT2D eigenvalue weighted by Crippen LogP contribution is 2.13. The van der Waals surface area contributed by atoms with Crippen LogP contribution in [-0.4, -0.2) is 18.0 Å². The quantitative estimate of drug-likeness (QED) is 0.503. The standard InChI is InChI=1S/C10H9Cl2NO2/c11-10(12)4-5-15-9-3-1-2-8(6-9)7-13-14/h1-4,6-7,14H,5H2/b13-7+. The van der Waals surface area contributed by atoms with Crippen molar-refractivity contribution in [3.63, 3.8) is 0 Å². The normalized spacial score (nSPS) is 10.3. The number of nitrogens with zero attached hydrogens (tertiary/aromatic N) is 1. The molecule has 0 saturated carbocycles. The second kappa shape index (κ2) is 6.32. The molecule has 0 radical (unpaired) electrons. The lowest BCUT2D eigenvalue weighted by molar-refractivity contribution is 0.322. The van der Waals surface area contributed by atoms with Gasteiger partial charge in [0.15, 0.2) is 0 Å². The lowest BCUT2D eigenvalue weighted by Gasteiger charge is -2.03. The number of ether oxygens (including phenoxy) is 1. The predicted molar refractivity (Wildman–Crippen MR) is 61.1 cm³/mol. The van der Waals surface area contributed by atoms with Crippen molar-refractivity contribution in [1.82, 2.24) is 0 Å². The molecule has 15 heavy (non-hydrogen) atoms. The predicted octanol–water partition coefficient (Wildman–Crippen LogP) is 3.19. The summed E-state index contributed by atoms with van der Waals surface area (Å²) in [7, 11) is 0. The highest BCUT2D eigenvalue weighted by molar-refractivity contribution is 6.55. The van der Waals surface area contributed by atoms with E-state index in [2.05, 4.69) is 5.16 Å². The molecule has 1 N–H and O–H groups in total. The number of hydrogen-bond donors (Lipinski definition) is 1. The molecule has 80 valence electrons. The third kappa shape index (κ3) is 4.72. The smallest absolute Gasteiger partial charge is 0.120 e. The first-order chi connectivity index (χ1) is 7.22. The first kappa shape index (κ1) is 11.9. The van der Waals surface area contributed by atoms with Crippen molar-refractivity contribution in [3.8, 4) is 5.75 Å². The van der Waals surface area contributed by atoms with Gasteiger partial charge in [-0.25, -0.2) is 0 Å². The average Bonchev–Trinajstić information content (AvgIpc) is 2.18. The van der Waals surface area contributed by atoms with Gasteiger partial charge in [-0.2, -0.15) is 0 Å². The van der Waals surface area contributed by atoms with Gasteiger partial charge in [-0.1, -0.05) is 40.5 Å². The summed E-state index contributed by atoms with van der Waals surface area (Å²) in [4.78, 5) is 0. The number of rotatable bonds is 4. The molecular formula is C10H9Cl2NO2. The van der Waals surface area contributed by atoms with E-state index in [4.69, 9.17) is 33.1 Å². The maximum absolute atomic E-state index is 8.34. The van der Waals surface area contributed by atoms with Crippen LogP contribution in [0.2, 0.25) is 0 Å². The molecule has 0 amide bonds. The van der Waals surface area contributed by atoms with Gasteiger partial charge in [-0.3, -0.25) is 0 Å². The van der Waals surface area contributed by atoms with E-state index in [1.165, 1.54) is 12.3 Å². The highest BCUT2D eigenvalue weighted by atomic mass is 35.5. The molecule has 0 saturated heterocycles. The topological polar surface area (TPSA) is 41.8 Å². The summed E-state index contributed by atoms with van der Waals surface area (Å²) in [5.74, 6) is 0.651. The van der Waals surface area contributed by atoms with Gasteiger partial charge >= 0.3 is 0 Å². The Balaban J connectivity index is 2.61. The third-order valence-corrected chi connectivity index (χ3v) is 1.86. The van der Waals surface area contributed by atoms with E-state index < -0.39 is 0 Å². The van der Waals surface area contributed by atoms with Crippen LogP contribution in [0.3, 0.4) is 0 Å². The number of halogens is 2. The maximum Gasteiger partial charge on any atom is 0.120 e.